The normalized spacial score (nSPS) is 11.1. The molecule has 0 aliphatic heterocycles. The average molecular weight is 395 g/mol. The van der Waals surface area contributed by atoms with Gasteiger partial charge in [0.05, 0.1) is 6.54 Å². The van der Waals surface area contributed by atoms with Crippen LogP contribution in [0.2, 0.25) is 0 Å². The summed E-state index contributed by atoms with van der Waals surface area (Å²) < 4.78 is 16.9. The molecule has 0 radical (unpaired) electrons. The monoisotopic (exact) mass is 394 g/mol. The number of nitrogens with zero attached hydrogens (tertiary/aromatic N) is 1. The molecule has 0 saturated heterocycles. The van der Waals surface area contributed by atoms with E-state index in [9.17, 15) is 4.79 Å². The summed E-state index contributed by atoms with van der Waals surface area (Å²) >= 11 is 3.36. The Morgan fingerprint density at radius 2 is 1.92 bits per heavy atom. The minimum Gasteiger partial charge on any atom is -0.445 e. The van der Waals surface area contributed by atoms with E-state index in [0.717, 1.165) is 10.0 Å². The Kier molecular flexibility index (Phi) is 6.72. The molecule has 1 aromatic heterocycles. The van der Waals surface area contributed by atoms with E-state index in [0.29, 0.717) is 5.56 Å². The molecule has 2 rings (SSSR count). The molecule has 128 valence electrons. The number of pyridine rings is 1. The minimum absolute atomic E-state index is 0.0752. The van der Waals surface area contributed by atoms with Gasteiger partial charge in [-0.3, -0.25) is 4.98 Å². The highest BCUT2D eigenvalue weighted by molar-refractivity contribution is 9.10. The van der Waals surface area contributed by atoms with Crippen molar-refractivity contribution in [1.29, 1.82) is 0 Å². The topological polar surface area (TPSA) is 69.7 Å². The summed E-state index contributed by atoms with van der Waals surface area (Å²) in [6, 6.07) is 11.3. The molecule has 1 heterocycles. The van der Waals surface area contributed by atoms with Crippen LogP contribution < -0.4 is 5.32 Å². The first-order valence-corrected chi connectivity index (χ1v) is 8.05. The Morgan fingerprint density at radius 3 is 2.54 bits per heavy atom. The quantitative estimate of drug-likeness (QED) is 0.730. The molecule has 0 spiro atoms. The Morgan fingerprint density at radius 1 is 1.21 bits per heavy atom. The van der Waals surface area contributed by atoms with Gasteiger partial charge in [-0.05, 0) is 27.6 Å². The standard InChI is InChI=1S/C17H19BrN2O4/c1-22-17(23-2,14-8-15(18)10-19-9-14)12-20-16(21)24-11-13-6-4-3-5-7-13/h3-10H,11-12H2,1-2H3,(H,20,21). The summed E-state index contributed by atoms with van der Waals surface area (Å²) in [7, 11) is 3.00. The van der Waals surface area contributed by atoms with Crippen molar-refractivity contribution in [2.24, 2.45) is 0 Å². The maximum Gasteiger partial charge on any atom is 0.407 e. The fraction of sp³-hybridized carbons (Fsp3) is 0.294. The Labute approximate surface area is 149 Å². The number of alkyl carbamates (subject to hydrolysis) is 1. The molecule has 24 heavy (non-hydrogen) atoms. The molecule has 0 atom stereocenters. The van der Waals surface area contributed by atoms with Gasteiger partial charge in [-0.15, -0.1) is 0 Å². The number of hydrogen-bond donors (Lipinski definition) is 1. The second-order valence-electron chi connectivity index (χ2n) is 4.97. The summed E-state index contributed by atoms with van der Waals surface area (Å²) in [5.74, 6) is -1.15. The van der Waals surface area contributed by atoms with Crippen molar-refractivity contribution in [1.82, 2.24) is 10.3 Å². The summed E-state index contributed by atoms with van der Waals surface area (Å²) in [6.07, 6.45) is 2.72. The first-order valence-electron chi connectivity index (χ1n) is 7.25. The van der Waals surface area contributed by atoms with Crippen LogP contribution in [0.3, 0.4) is 0 Å². The van der Waals surface area contributed by atoms with Crippen LogP contribution in [-0.4, -0.2) is 31.8 Å². The highest BCUT2D eigenvalue weighted by Crippen LogP contribution is 2.26. The summed E-state index contributed by atoms with van der Waals surface area (Å²) in [5, 5.41) is 2.66. The van der Waals surface area contributed by atoms with Gasteiger partial charge in [-0.2, -0.15) is 0 Å². The molecule has 0 unspecified atom stereocenters. The lowest BCUT2D eigenvalue weighted by Crippen LogP contribution is -2.44. The smallest absolute Gasteiger partial charge is 0.407 e. The first-order chi connectivity index (χ1) is 11.6. The van der Waals surface area contributed by atoms with Crippen LogP contribution in [0.5, 0.6) is 0 Å². The number of hydrogen-bond acceptors (Lipinski definition) is 5. The molecule has 1 aromatic carbocycles. The number of methoxy groups -OCH3 is 2. The van der Waals surface area contributed by atoms with Crippen molar-refractivity contribution < 1.29 is 19.0 Å². The largest absolute Gasteiger partial charge is 0.445 e. The van der Waals surface area contributed by atoms with Gasteiger partial charge in [-0.1, -0.05) is 30.3 Å². The molecule has 0 fully saturated rings. The molecule has 0 saturated carbocycles. The lowest BCUT2D eigenvalue weighted by Gasteiger charge is -2.31. The van der Waals surface area contributed by atoms with Crippen LogP contribution in [0.25, 0.3) is 0 Å². The van der Waals surface area contributed by atoms with Gasteiger partial charge in [0.1, 0.15) is 6.61 Å². The van der Waals surface area contributed by atoms with Crippen molar-refractivity contribution >= 4 is 22.0 Å². The number of carbonyl (C=O) groups is 1. The zero-order chi connectivity index (χ0) is 17.4. The van der Waals surface area contributed by atoms with Gasteiger partial charge in [-0.25, -0.2) is 4.79 Å². The SMILES string of the molecule is COC(CNC(=O)OCc1ccccc1)(OC)c1cncc(Br)c1. The molecule has 1 amide bonds. The van der Waals surface area contributed by atoms with E-state index in [1.807, 2.05) is 36.4 Å². The van der Waals surface area contributed by atoms with Crippen molar-refractivity contribution in [3.8, 4) is 0 Å². The molecular formula is C17H19BrN2O4. The molecule has 6 nitrogen and oxygen atoms in total. The van der Waals surface area contributed by atoms with Gasteiger partial charge < -0.3 is 19.5 Å². The van der Waals surface area contributed by atoms with Crippen molar-refractivity contribution in [2.75, 3.05) is 20.8 Å². The second-order valence-corrected chi connectivity index (χ2v) is 5.88. The number of amides is 1. The maximum atomic E-state index is 11.9. The fourth-order valence-electron chi connectivity index (χ4n) is 2.15. The lowest BCUT2D eigenvalue weighted by molar-refractivity contribution is -0.211. The molecule has 0 bridgehead atoms. The zero-order valence-corrected chi connectivity index (χ0v) is 15.1. The molecule has 0 aliphatic carbocycles. The van der Waals surface area contributed by atoms with Gasteiger partial charge in [0.15, 0.2) is 0 Å². The fourth-order valence-corrected chi connectivity index (χ4v) is 2.51. The number of rotatable bonds is 7. The van der Waals surface area contributed by atoms with Gasteiger partial charge >= 0.3 is 6.09 Å². The molecule has 2 aromatic rings. The summed E-state index contributed by atoms with van der Waals surface area (Å²) in [5.41, 5.74) is 1.58. The molecule has 0 aliphatic rings. The van der Waals surface area contributed by atoms with Crippen LogP contribution in [-0.2, 0) is 26.6 Å². The van der Waals surface area contributed by atoms with Crippen LogP contribution in [0.15, 0.2) is 53.3 Å². The summed E-state index contributed by atoms with van der Waals surface area (Å²) in [6.45, 7) is 0.268. The van der Waals surface area contributed by atoms with E-state index in [1.165, 1.54) is 14.2 Å². The Hall–Kier alpha value is -1.96. The van der Waals surface area contributed by atoms with Crippen molar-refractivity contribution in [3.63, 3.8) is 0 Å². The number of ether oxygens (including phenoxy) is 3. The highest BCUT2D eigenvalue weighted by atomic mass is 79.9. The predicted octanol–water partition coefficient (Wildman–Crippen LogP) is 3.22. The number of carbonyl (C=O) groups excluding carboxylic acids is 1. The molecule has 1 N–H and O–H groups in total. The third kappa shape index (κ3) is 4.77. The number of halogens is 1. The maximum absolute atomic E-state index is 11.9. The van der Waals surface area contributed by atoms with Gasteiger partial charge in [0, 0.05) is 36.6 Å². The zero-order valence-electron chi connectivity index (χ0n) is 13.5. The highest BCUT2D eigenvalue weighted by Gasteiger charge is 2.33. The first kappa shape index (κ1) is 18.4. The molecular weight excluding hydrogens is 376 g/mol. The average Bonchev–Trinajstić information content (AvgIpc) is 2.62. The second kappa shape index (κ2) is 8.77. The van der Waals surface area contributed by atoms with Crippen LogP contribution in [0.4, 0.5) is 4.79 Å². The van der Waals surface area contributed by atoms with Crippen molar-refractivity contribution in [2.45, 2.75) is 12.4 Å². The van der Waals surface area contributed by atoms with Crippen molar-refractivity contribution in [3.05, 3.63) is 64.4 Å². The van der Waals surface area contributed by atoms with Crippen LogP contribution >= 0.6 is 15.9 Å². The van der Waals surface area contributed by atoms with Crippen LogP contribution in [0, 0.1) is 0 Å². The van der Waals surface area contributed by atoms with E-state index in [-0.39, 0.29) is 13.2 Å². The Bertz CT molecular complexity index is 663. The number of benzene rings is 1. The van der Waals surface area contributed by atoms with E-state index >= 15 is 0 Å². The molecule has 7 heteroatoms. The number of aromatic nitrogens is 1. The van der Waals surface area contributed by atoms with E-state index in [1.54, 1.807) is 12.4 Å². The summed E-state index contributed by atoms with van der Waals surface area (Å²) in [4.78, 5) is 16.0. The van der Waals surface area contributed by atoms with Gasteiger partial charge in [0.25, 0.3) is 0 Å². The van der Waals surface area contributed by atoms with E-state index in [2.05, 4.69) is 26.2 Å². The third-order valence-electron chi connectivity index (χ3n) is 3.48. The van der Waals surface area contributed by atoms with E-state index in [4.69, 9.17) is 14.2 Å². The minimum atomic E-state index is -1.15. The lowest BCUT2D eigenvalue weighted by atomic mass is 10.1. The Balaban J connectivity index is 1.97. The predicted molar refractivity (Wildman–Crippen MR) is 92.3 cm³/mol. The third-order valence-corrected chi connectivity index (χ3v) is 3.92. The van der Waals surface area contributed by atoms with E-state index < -0.39 is 11.9 Å². The van der Waals surface area contributed by atoms with Crippen LogP contribution in [0.1, 0.15) is 11.1 Å². The van der Waals surface area contributed by atoms with Gasteiger partial charge in [0.2, 0.25) is 5.79 Å². The number of nitrogens with one attached hydrogen (secondary N) is 1.